The van der Waals surface area contributed by atoms with Gasteiger partial charge in [0.1, 0.15) is 11.2 Å². The summed E-state index contributed by atoms with van der Waals surface area (Å²) in [6.07, 6.45) is 1.89. The number of hydrogen-bond acceptors (Lipinski definition) is 2. The molecular formula is C26H23NOSi. The lowest BCUT2D eigenvalue weighted by Gasteiger charge is -2.16. The standard InChI is InChI=1S/C26H23NOSi/c1-29(2,3)20-13-11-18(12-14-20)19-15-16-27-24(17-19)23-9-6-8-22-21-7-4-5-10-25(21)28-26(22)23/h4-17H,1-3H3. The third kappa shape index (κ3) is 3.18. The van der Waals surface area contributed by atoms with Gasteiger partial charge in [0, 0.05) is 22.5 Å². The van der Waals surface area contributed by atoms with Crippen molar-refractivity contribution in [1.82, 2.24) is 4.98 Å². The summed E-state index contributed by atoms with van der Waals surface area (Å²) in [4.78, 5) is 4.66. The number of nitrogens with zero attached hydrogens (tertiary/aromatic N) is 1. The summed E-state index contributed by atoms with van der Waals surface area (Å²) >= 11 is 0. The average molecular weight is 394 g/mol. The summed E-state index contributed by atoms with van der Waals surface area (Å²) in [6, 6.07) is 27.7. The van der Waals surface area contributed by atoms with Crippen LogP contribution in [0.25, 0.3) is 44.3 Å². The van der Waals surface area contributed by atoms with Crippen molar-refractivity contribution in [3.05, 3.63) is 85.1 Å². The maximum Gasteiger partial charge on any atom is 0.144 e. The lowest BCUT2D eigenvalue weighted by Crippen LogP contribution is -2.37. The third-order valence-electron chi connectivity index (χ3n) is 5.52. The fraction of sp³-hybridized carbons (Fsp3) is 0.115. The quantitative estimate of drug-likeness (QED) is 0.313. The van der Waals surface area contributed by atoms with Crippen LogP contribution < -0.4 is 5.19 Å². The normalized spacial score (nSPS) is 12.0. The Morgan fingerprint density at radius 2 is 1.48 bits per heavy atom. The molecule has 0 saturated heterocycles. The molecule has 2 aromatic heterocycles. The van der Waals surface area contributed by atoms with Crippen LogP contribution in [0.3, 0.4) is 0 Å². The number of fused-ring (bicyclic) bond motifs is 3. The summed E-state index contributed by atoms with van der Waals surface area (Å²) in [5.41, 5.74) is 6.15. The number of hydrogen-bond donors (Lipinski definition) is 0. The molecule has 5 aromatic rings. The van der Waals surface area contributed by atoms with Crippen molar-refractivity contribution < 1.29 is 4.42 Å². The van der Waals surface area contributed by atoms with Crippen molar-refractivity contribution in [2.24, 2.45) is 0 Å². The molecule has 0 amide bonds. The summed E-state index contributed by atoms with van der Waals surface area (Å²) in [7, 11) is -1.29. The topological polar surface area (TPSA) is 26.0 Å². The zero-order valence-corrected chi connectivity index (χ0v) is 17.9. The van der Waals surface area contributed by atoms with E-state index in [9.17, 15) is 0 Å². The zero-order valence-electron chi connectivity index (χ0n) is 16.9. The molecule has 0 atom stereocenters. The van der Waals surface area contributed by atoms with Gasteiger partial charge in [-0.1, -0.05) is 79.4 Å². The van der Waals surface area contributed by atoms with E-state index < -0.39 is 8.07 Å². The van der Waals surface area contributed by atoms with Crippen LogP contribution in [0.15, 0.2) is 89.5 Å². The van der Waals surface area contributed by atoms with Gasteiger partial charge in [-0.15, -0.1) is 0 Å². The van der Waals surface area contributed by atoms with Crippen LogP contribution in [0.2, 0.25) is 19.6 Å². The van der Waals surface area contributed by atoms with Gasteiger partial charge in [-0.2, -0.15) is 0 Å². The van der Waals surface area contributed by atoms with Crippen LogP contribution in [0.5, 0.6) is 0 Å². The number of benzene rings is 3. The van der Waals surface area contributed by atoms with Crippen LogP contribution in [0, 0.1) is 0 Å². The van der Waals surface area contributed by atoms with Crippen LogP contribution >= 0.6 is 0 Å². The molecule has 0 bridgehead atoms. The van der Waals surface area contributed by atoms with Crippen molar-refractivity contribution >= 4 is 35.2 Å². The van der Waals surface area contributed by atoms with E-state index in [-0.39, 0.29) is 0 Å². The second kappa shape index (κ2) is 6.71. The molecule has 0 spiro atoms. The molecule has 3 heteroatoms. The molecule has 0 radical (unpaired) electrons. The van der Waals surface area contributed by atoms with Gasteiger partial charge in [-0.05, 0) is 35.4 Å². The number of para-hydroxylation sites is 2. The summed E-state index contributed by atoms with van der Waals surface area (Å²) < 4.78 is 6.20. The Kier molecular flexibility index (Phi) is 4.14. The Bertz CT molecular complexity index is 1330. The van der Waals surface area contributed by atoms with E-state index in [4.69, 9.17) is 4.42 Å². The molecule has 3 aromatic carbocycles. The van der Waals surface area contributed by atoms with E-state index in [0.717, 1.165) is 33.2 Å². The molecule has 0 saturated carbocycles. The van der Waals surface area contributed by atoms with Crippen molar-refractivity contribution in [1.29, 1.82) is 0 Å². The van der Waals surface area contributed by atoms with Gasteiger partial charge in [0.05, 0.1) is 13.8 Å². The van der Waals surface area contributed by atoms with Crippen molar-refractivity contribution in [3.63, 3.8) is 0 Å². The predicted octanol–water partition coefficient (Wildman–Crippen LogP) is 6.86. The first-order chi connectivity index (χ1) is 14.0. The SMILES string of the molecule is C[Si](C)(C)c1ccc(-c2ccnc(-c3cccc4c3oc3ccccc34)c2)cc1. The predicted molar refractivity (Wildman–Crippen MR) is 125 cm³/mol. The minimum Gasteiger partial charge on any atom is -0.455 e. The first-order valence-corrected chi connectivity index (χ1v) is 13.5. The van der Waals surface area contributed by atoms with Gasteiger partial charge in [-0.25, -0.2) is 0 Å². The maximum atomic E-state index is 6.20. The molecule has 5 rings (SSSR count). The summed E-state index contributed by atoms with van der Waals surface area (Å²) in [6.45, 7) is 7.13. The summed E-state index contributed by atoms with van der Waals surface area (Å²) in [5, 5.41) is 3.75. The Hall–Kier alpha value is -3.17. The fourth-order valence-electron chi connectivity index (χ4n) is 3.87. The van der Waals surface area contributed by atoms with Gasteiger partial charge in [0.2, 0.25) is 0 Å². The molecule has 2 heterocycles. The fourth-order valence-corrected chi connectivity index (χ4v) is 5.04. The van der Waals surface area contributed by atoms with E-state index in [2.05, 4.69) is 85.3 Å². The molecule has 2 nitrogen and oxygen atoms in total. The van der Waals surface area contributed by atoms with E-state index in [0.29, 0.717) is 0 Å². The highest BCUT2D eigenvalue weighted by molar-refractivity contribution is 6.88. The van der Waals surface area contributed by atoms with Crippen LogP contribution in [-0.2, 0) is 0 Å². The second-order valence-electron chi connectivity index (χ2n) is 8.54. The monoisotopic (exact) mass is 393 g/mol. The number of aromatic nitrogens is 1. The Balaban J connectivity index is 1.62. The number of rotatable bonds is 3. The molecule has 0 unspecified atom stereocenters. The highest BCUT2D eigenvalue weighted by Gasteiger charge is 2.16. The molecular weight excluding hydrogens is 370 g/mol. The van der Waals surface area contributed by atoms with Crippen LogP contribution in [-0.4, -0.2) is 13.1 Å². The third-order valence-corrected chi connectivity index (χ3v) is 7.59. The Morgan fingerprint density at radius 3 is 2.28 bits per heavy atom. The molecule has 0 aliphatic heterocycles. The number of pyridine rings is 1. The molecule has 142 valence electrons. The minimum atomic E-state index is -1.29. The van der Waals surface area contributed by atoms with Gasteiger partial charge >= 0.3 is 0 Å². The van der Waals surface area contributed by atoms with Crippen molar-refractivity contribution in [2.75, 3.05) is 0 Å². The van der Waals surface area contributed by atoms with Gasteiger partial charge in [0.25, 0.3) is 0 Å². The smallest absolute Gasteiger partial charge is 0.144 e. The first-order valence-electron chi connectivity index (χ1n) is 9.98. The Labute approximate surface area is 171 Å². The first kappa shape index (κ1) is 17.9. The maximum absolute atomic E-state index is 6.20. The average Bonchev–Trinajstić information content (AvgIpc) is 3.12. The second-order valence-corrected chi connectivity index (χ2v) is 13.6. The zero-order chi connectivity index (χ0) is 20.0. The van der Waals surface area contributed by atoms with Gasteiger partial charge in [0.15, 0.2) is 0 Å². The van der Waals surface area contributed by atoms with E-state index in [1.807, 2.05) is 24.4 Å². The molecule has 0 aliphatic carbocycles. The minimum absolute atomic E-state index is 0.896. The van der Waals surface area contributed by atoms with Crippen LogP contribution in [0.1, 0.15) is 0 Å². The van der Waals surface area contributed by atoms with Crippen molar-refractivity contribution in [2.45, 2.75) is 19.6 Å². The van der Waals surface area contributed by atoms with Gasteiger partial charge < -0.3 is 4.42 Å². The highest BCUT2D eigenvalue weighted by Crippen LogP contribution is 2.35. The van der Waals surface area contributed by atoms with Crippen LogP contribution in [0.4, 0.5) is 0 Å². The highest BCUT2D eigenvalue weighted by atomic mass is 28.3. The largest absolute Gasteiger partial charge is 0.455 e. The Morgan fingerprint density at radius 1 is 0.724 bits per heavy atom. The molecule has 0 fully saturated rings. The number of furan rings is 1. The molecule has 29 heavy (non-hydrogen) atoms. The van der Waals surface area contributed by atoms with E-state index >= 15 is 0 Å². The molecule has 0 aliphatic rings. The van der Waals surface area contributed by atoms with E-state index in [1.54, 1.807) is 0 Å². The van der Waals surface area contributed by atoms with Crippen molar-refractivity contribution in [3.8, 4) is 22.4 Å². The molecule has 0 N–H and O–H groups in total. The summed E-state index contributed by atoms with van der Waals surface area (Å²) in [5.74, 6) is 0. The van der Waals surface area contributed by atoms with E-state index in [1.165, 1.54) is 16.3 Å². The van der Waals surface area contributed by atoms with Gasteiger partial charge in [-0.3, -0.25) is 4.98 Å². The lowest BCUT2D eigenvalue weighted by molar-refractivity contribution is 0.670. The lowest BCUT2D eigenvalue weighted by atomic mass is 10.0.